The average Bonchev–Trinajstić information content (AvgIpc) is 3.08. The molecule has 0 aliphatic heterocycles. The van der Waals surface area contributed by atoms with Gasteiger partial charge in [0.25, 0.3) is 0 Å². The van der Waals surface area contributed by atoms with Crippen molar-refractivity contribution in [2.75, 3.05) is 6.61 Å². The molecule has 3 heterocycles. The normalized spacial score (nSPS) is 11.0. The van der Waals surface area contributed by atoms with Crippen LogP contribution in [0.2, 0.25) is 0 Å². The highest BCUT2D eigenvalue weighted by Gasteiger charge is 2.17. The number of ether oxygens (including phenoxy) is 1. The van der Waals surface area contributed by atoms with Gasteiger partial charge in [0.15, 0.2) is 0 Å². The number of nitrogens with zero attached hydrogens (tertiary/aromatic N) is 3. The van der Waals surface area contributed by atoms with E-state index in [0.29, 0.717) is 6.61 Å². The van der Waals surface area contributed by atoms with Gasteiger partial charge in [0.2, 0.25) is 0 Å². The lowest BCUT2D eigenvalue weighted by atomic mass is 10.0. The Kier molecular flexibility index (Phi) is 4.83. The fourth-order valence-electron chi connectivity index (χ4n) is 3.06. The summed E-state index contributed by atoms with van der Waals surface area (Å²) in [6.45, 7) is 2.83. The van der Waals surface area contributed by atoms with Crippen LogP contribution in [-0.4, -0.2) is 21.2 Å². The highest BCUT2D eigenvalue weighted by Crippen LogP contribution is 2.36. The van der Waals surface area contributed by atoms with E-state index in [9.17, 15) is 4.39 Å². The number of unbranched alkanes of at least 4 members (excludes halogenated alkanes) is 1. The molecular weight excluding hydrogens is 341 g/mol. The lowest BCUT2D eigenvalue weighted by Crippen LogP contribution is -1.97. The van der Waals surface area contributed by atoms with Gasteiger partial charge >= 0.3 is 0 Å². The Morgan fingerprint density at radius 3 is 2.52 bits per heavy atom. The van der Waals surface area contributed by atoms with E-state index < -0.39 is 0 Å². The Morgan fingerprint density at radius 2 is 1.78 bits per heavy atom. The van der Waals surface area contributed by atoms with Crippen LogP contribution < -0.4 is 4.74 Å². The number of fused-ring (bicyclic) bond motifs is 1. The summed E-state index contributed by atoms with van der Waals surface area (Å²) in [6.07, 6.45) is 7.52. The van der Waals surface area contributed by atoms with Gasteiger partial charge in [0.05, 0.1) is 12.1 Å². The minimum atomic E-state index is -0.264. The van der Waals surface area contributed by atoms with Crippen LogP contribution in [0.25, 0.3) is 27.9 Å². The molecule has 0 saturated heterocycles. The van der Waals surface area contributed by atoms with Crippen LogP contribution in [-0.2, 0) is 0 Å². The topological polar surface area (TPSA) is 39.4 Å². The maximum Gasteiger partial charge on any atom is 0.123 e. The largest absolute Gasteiger partial charge is 0.493 e. The smallest absolute Gasteiger partial charge is 0.123 e. The van der Waals surface area contributed by atoms with Gasteiger partial charge in [-0.25, -0.2) is 8.91 Å². The molecule has 4 aromatic rings. The predicted octanol–water partition coefficient (Wildman–Crippen LogP) is 5.38. The van der Waals surface area contributed by atoms with Crippen LogP contribution >= 0.6 is 0 Å². The second kappa shape index (κ2) is 7.58. The zero-order chi connectivity index (χ0) is 18.6. The molecule has 0 atom stereocenters. The molecule has 4 nitrogen and oxygen atoms in total. The number of hydrogen-bond acceptors (Lipinski definition) is 3. The van der Waals surface area contributed by atoms with Crippen molar-refractivity contribution in [2.24, 2.45) is 0 Å². The standard InChI is InChI=1S/C22H20FN3O/c1-2-3-14-27-19-10-13-26-20(15-19)21(16-8-11-24-12-9-16)22(25-26)17-4-6-18(23)7-5-17/h4-13,15H,2-3,14H2,1H3. The van der Waals surface area contributed by atoms with E-state index in [1.165, 1.54) is 12.1 Å². The molecule has 5 heteroatoms. The van der Waals surface area contributed by atoms with Crippen LogP contribution in [0.4, 0.5) is 4.39 Å². The van der Waals surface area contributed by atoms with Crippen molar-refractivity contribution in [3.05, 3.63) is 72.9 Å². The molecule has 0 bridgehead atoms. The Labute approximate surface area is 157 Å². The maximum absolute atomic E-state index is 13.4. The van der Waals surface area contributed by atoms with Crippen molar-refractivity contribution >= 4 is 5.52 Å². The Bertz CT molecular complexity index is 1040. The molecule has 0 fully saturated rings. The highest BCUT2D eigenvalue weighted by molar-refractivity contribution is 5.92. The third kappa shape index (κ3) is 3.53. The number of pyridine rings is 2. The van der Waals surface area contributed by atoms with Crippen molar-refractivity contribution in [3.8, 4) is 28.1 Å². The van der Waals surface area contributed by atoms with Gasteiger partial charge < -0.3 is 4.74 Å². The minimum Gasteiger partial charge on any atom is -0.493 e. The summed E-state index contributed by atoms with van der Waals surface area (Å²) < 4.78 is 21.1. The van der Waals surface area contributed by atoms with E-state index in [1.807, 2.05) is 35.0 Å². The monoisotopic (exact) mass is 361 g/mol. The number of aromatic nitrogens is 3. The van der Waals surface area contributed by atoms with Crippen molar-refractivity contribution in [2.45, 2.75) is 19.8 Å². The summed E-state index contributed by atoms with van der Waals surface area (Å²) >= 11 is 0. The first-order valence-corrected chi connectivity index (χ1v) is 9.08. The van der Waals surface area contributed by atoms with Gasteiger partial charge in [-0.05, 0) is 54.4 Å². The molecule has 0 aliphatic rings. The van der Waals surface area contributed by atoms with Gasteiger partial charge in [-0.2, -0.15) is 5.10 Å². The first-order chi connectivity index (χ1) is 13.3. The first kappa shape index (κ1) is 17.2. The van der Waals surface area contributed by atoms with Gasteiger partial charge in [-0.15, -0.1) is 0 Å². The molecule has 27 heavy (non-hydrogen) atoms. The first-order valence-electron chi connectivity index (χ1n) is 9.08. The highest BCUT2D eigenvalue weighted by atomic mass is 19.1. The summed E-state index contributed by atoms with van der Waals surface area (Å²) in [5.74, 6) is 0.552. The lowest BCUT2D eigenvalue weighted by molar-refractivity contribution is 0.309. The zero-order valence-electron chi connectivity index (χ0n) is 15.1. The van der Waals surface area contributed by atoms with E-state index in [-0.39, 0.29) is 5.82 Å². The number of halogens is 1. The van der Waals surface area contributed by atoms with Crippen LogP contribution in [0.5, 0.6) is 5.75 Å². The molecule has 136 valence electrons. The Morgan fingerprint density at radius 1 is 1.00 bits per heavy atom. The Balaban J connectivity index is 1.88. The number of hydrogen-bond donors (Lipinski definition) is 0. The van der Waals surface area contributed by atoms with Gasteiger partial charge in [0, 0.05) is 35.8 Å². The van der Waals surface area contributed by atoms with Gasteiger partial charge in [-0.3, -0.25) is 4.98 Å². The second-order valence-corrected chi connectivity index (χ2v) is 6.36. The van der Waals surface area contributed by atoms with E-state index in [0.717, 1.165) is 46.5 Å². The van der Waals surface area contributed by atoms with Crippen LogP contribution in [0.15, 0.2) is 67.1 Å². The zero-order valence-corrected chi connectivity index (χ0v) is 15.1. The number of rotatable bonds is 6. The molecule has 1 aromatic carbocycles. The summed E-state index contributed by atoms with van der Waals surface area (Å²) in [6, 6.07) is 14.2. The van der Waals surface area contributed by atoms with Crippen molar-refractivity contribution in [3.63, 3.8) is 0 Å². The quantitative estimate of drug-likeness (QED) is 0.433. The van der Waals surface area contributed by atoms with Crippen molar-refractivity contribution < 1.29 is 9.13 Å². The molecule has 0 unspecified atom stereocenters. The number of benzene rings is 1. The maximum atomic E-state index is 13.4. The van der Waals surface area contributed by atoms with E-state index in [2.05, 4.69) is 11.9 Å². The molecule has 0 N–H and O–H groups in total. The summed E-state index contributed by atoms with van der Waals surface area (Å²) in [5.41, 5.74) is 4.58. The van der Waals surface area contributed by atoms with E-state index >= 15 is 0 Å². The molecule has 4 rings (SSSR count). The fourth-order valence-corrected chi connectivity index (χ4v) is 3.06. The molecule has 0 amide bonds. The van der Waals surface area contributed by atoms with Gasteiger partial charge in [0.1, 0.15) is 17.3 Å². The molecule has 0 saturated carbocycles. The fraction of sp³-hybridized carbons (Fsp3) is 0.182. The molecule has 3 aromatic heterocycles. The van der Waals surface area contributed by atoms with Gasteiger partial charge in [-0.1, -0.05) is 13.3 Å². The lowest BCUT2D eigenvalue weighted by Gasteiger charge is -2.07. The van der Waals surface area contributed by atoms with Crippen LogP contribution in [0.3, 0.4) is 0 Å². The predicted molar refractivity (Wildman–Crippen MR) is 104 cm³/mol. The summed E-state index contributed by atoms with van der Waals surface area (Å²) in [5, 5.41) is 4.74. The van der Waals surface area contributed by atoms with Crippen molar-refractivity contribution in [1.82, 2.24) is 14.6 Å². The minimum absolute atomic E-state index is 0.264. The third-order valence-electron chi connectivity index (χ3n) is 4.46. The van der Waals surface area contributed by atoms with E-state index in [1.54, 1.807) is 24.5 Å². The molecule has 0 radical (unpaired) electrons. The Hall–Kier alpha value is -3.21. The average molecular weight is 361 g/mol. The van der Waals surface area contributed by atoms with Crippen LogP contribution in [0, 0.1) is 5.82 Å². The molecular formula is C22H20FN3O. The summed E-state index contributed by atoms with van der Waals surface area (Å²) in [4.78, 5) is 4.12. The van der Waals surface area contributed by atoms with E-state index in [4.69, 9.17) is 9.84 Å². The van der Waals surface area contributed by atoms with Crippen molar-refractivity contribution in [1.29, 1.82) is 0 Å². The second-order valence-electron chi connectivity index (χ2n) is 6.36. The summed E-state index contributed by atoms with van der Waals surface area (Å²) in [7, 11) is 0. The molecule has 0 spiro atoms. The molecule has 0 aliphatic carbocycles. The third-order valence-corrected chi connectivity index (χ3v) is 4.46. The SMILES string of the molecule is CCCCOc1ccn2nc(-c3ccc(F)cc3)c(-c3ccncc3)c2c1. The van der Waals surface area contributed by atoms with Crippen LogP contribution in [0.1, 0.15) is 19.8 Å².